The summed E-state index contributed by atoms with van der Waals surface area (Å²) in [6.07, 6.45) is 4.53. The van der Waals surface area contributed by atoms with Crippen LogP contribution in [0.4, 0.5) is 0 Å². The minimum Gasteiger partial charge on any atom is -0.383 e. The van der Waals surface area contributed by atoms with Gasteiger partial charge in [0.2, 0.25) is 5.91 Å². The summed E-state index contributed by atoms with van der Waals surface area (Å²) in [5.41, 5.74) is 1.04. The zero-order valence-electron chi connectivity index (χ0n) is 13.4. The van der Waals surface area contributed by atoms with Crippen molar-refractivity contribution in [2.45, 2.75) is 32.7 Å². The van der Waals surface area contributed by atoms with E-state index >= 15 is 0 Å². The molecular formula is C16H21N3O3S. The van der Waals surface area contributed by atoms with Gasteiger partial charge >= 0.3 is 0 Å². The van der Waals surface area contributed by atoms with Crippen molar-refractivity contribution in [1.82, 2.24) is 14.9 Å². The fourth-order valence-corrected chi connectivity index (χ4v) is 4.32. The van der Waals surface area contributed by atoms with Crippen molar-refractivity contribution >= 4 is 27.5 Å². The first-order chi connectivity index (χ1) is 11.1. The Labute approximate surface area is 138 Å². The number of ether oxygens (including phenoxy) is 1. The third kappa shape index (κ3) is 3.30. The molecule has 2 aromatic rings. The summed E-state index contributed by atoms with van der Waals surface area (Å²) in [6, 6.07) is 0. The summed E-state index contributed by atoms with van der Waals surface area (Å²) in [4.78, 5) is 31.1. The van der Waals surface area contributed by atoms with Gasteiger partial charge in [0, 0.05) is 18.5 Å². The zero-order valence-corrected chi connectivity index (χ0v) is 14.2. The van der Waals surface area contributed by atoms with Gasteiger partial charge in [-0.3, -0.25) is 14.2 Å². The van der Waals surface area contributed by atoms with Gasteiger partial charge in [-0.2, -0.15) is 0 Å². The van der Waals surface area contributed by atoms with Crippen LogP contribution in [-0.4, -0.2) is 35.7 Å². The van der Waals surface area contributed by atoms with Crippen LogP contribution in [0.15, 0.2) is 11.1 Å². The van der Waals surface area contributed by atoms with E-state index in [1.807, 2.05) is 0 Å². The van der Waals surface area contributed by atoms with E-state index in [1.54, 1.807) is 18.4 Å². The van der Waals surface area contributed by atoms with Crippen molar-refractivity contribution < 1.29 is 9.53 Å². The van der Waals surface area contributed by atoms with Crippen molar-refractivity contribution in [3.63, 3.8) is 0 Å². The number of carbonyl (C=O) groups excluding carboxylic acids is 1. The predicted molar refractivity (Wildman–Crippen MR) is 90.0 cm³/mol. The standard InChI is InChI=1S/C16H21N3O3S/c1-10-3-4-11-12(7-10)23-15-14(11)16(21)19(9-18-15)8-13(20)17-5-6-22-2/h9-10H,3-8H2,1-2H3,(H,17,20)/t10-/m1/s1. The highest BCUT2D eigenvalue weighted by Gasteiger charge is 2.23. The van der Waals surface area contributed by atoms with Crippen molar-refractivity contribution in [3.8, 4) is 0 Å². The number of hydrogen-bond donors (Lipinski definition) is 1. The lowest BCUT2D eigenvalue weighted by molar-refractivity contribution is -0.121. The second-order valence-corrected chi connectivity index (χ2v) is 7.14. The summed E-state index contributed by atoms with van der Waals surface area (Å²) in [7, 11) is 1.58. The Kier molecular flexibility index (Phi) is 4.77. The van der Waals surface area contributed by atoms with Gasteiger partial charge in [-0.1, -0.05) is 6.92 Å². The predicted octanol–water partition coefficient (Wildman–Crippen LogP) is 1.35. The van der Waals surface area contributed by atoms with Gasteiger partial charge in [-0.15, -0.1) is 11.3 Å². The second kappa shape index (κ2) is 6.80. The SMILES string of the molecule is COCCNC(=O)Cn1cnc2sc3c(c2c1=O)CC[C@@H](C)C3. The van der Waals surface area contributed by atoms with Gasteiger partial charge in [0.1, 0.15) is 11.4 Å². The highest BCUT2D eigenvalue weighted by atomic mass is 32.1. The Hall–Kier alpha value is -1.73. The summed E-state index contributed by atoms with van der Waals surface area (Å²) in [6.45, 7) is 3.12. The van der Waals surface area contributed by atoms with Crippen LogP contribution in [0.1, 0.15) is 23.8 Å². The Balaban J connectivity index is 1.87. The molecule has 0 unspecified atom stereocenters. The fraction of sp³-hybridized carbons (Fsp3) is 0.562. The number of hydrogen-bond acceptors (Lipinski definition) is 5. The lowest BCUT2D eigenvalue weighted by atomic mass is 9.89. The van der Waals surface area contributed by atoms with Crippen LogP contribution in [0.25, 0.3) is 10.2 Å². The van der Waals surface area contributed by atoms with E-state index in [9.17, 15) is 9.59 Å². The maximum absolute atomic E-state index is 12.7. The summed E-state index contributed by atoms with van der Waals surface area (Å²) in [5, 5.41) is 3.43. The fourth-order valence-electron chi connectivity index (χ4n) is 2.98. The Bertz CT molecular complexity index is 781. The molecule has 2 aromatic heterocycles. The van der Waals surface area contributed by atoms with Gasteiger partial charge in [0.25, 0.3) is 5.56 Å². The third-order valence-corrected chi connectivity index (χ3v) is 5.39. The van der Waals surface area contributed by atoms with E-state index in [0.29, 0.717) is 24.5 Å². The highest BCUT2D eigenvalue weighted by Crippen LogP contribution is 2.35. The van der Waals surface area contributed by atoms with Crippen LogP contribution in [0.3, 0.4) is 0 Å². The highest BCUT2D eigenvalue weighted by molar-refractivity contribution is 7.18. The molecule has 124 valence electrons. The van der Waals surface area contributed by atoms with Crippen LogP contribution >= 0.6 is 11.3 Å². The quantitative estimate of drug-likeness (QED) is 0.837. The average Bonchev–Trinajstić information content (AvgIpc) is 2.88. The molecule has 0 aromatic carbocycles. The Morgan fingerprint density at radius 3 is 3.17 bits per heavy atom. The van der Waals surface area contributed by atoms with E-state index in [-0.39, 0.29) is 18.0 Å². The first-order valence-corrected chi connectivity index (χ1v) is 8.67. The molecule has 1 aliphatic carbocycles. The molecule has 0 spiro atoms. The zero-order chi connectivity index (χ0) is 16.4. The molecule has 1 aliphatic rings. The molecule has 0 fully saturated rings. The molecule has 2 heterocycles. The molecule has 23 heavy (non-hydrogen) atoms. The monoisotopic (exact) mass is 335 g/mol. The Morgan fingerprint density at radius 2 is 2.39 bits per heavy atom. The number of amides is 1. The van der Waals surface area contributed by atoms with Crippen LogP contribution < -0.4 is 10.9 Å². The van der Waals surface area contributed by atoms with Gasteiger partial charge in [0.15, 0.2) is 0 Å². The van der Waals surface area contributed by atoms with Gasteiger partial charge in [-0.05, 0) is 30.7 Å². The first kappa shape index (κ1) is 16.1. The molecule has 0 aliphatic heterocycles. The molecule has 0 saturated heterocycles. The number of aryl methyl sites for hydroxylation is 1. The van der Waals surface area contributed by atoms with Crippen LogP contribution in [0, 0.1) is 5.92 Å². The molecule has 0 radical (unpaired) electrons. The first-order valence-electron chi connectivity index (χ1n) is 7.85. The summed E-state index contributed by atoms with van der Waals surface area (Å²) in [5.74, 6) is 0.451. The summed E-state index contributed by atoms with van der Waals surface area (Å²) >= 11 is 1.62. The molecular weight excluding hydrogens is 314 g/mol. The molecule has 3 rings (SSSR count). The molecule has 7 heteroatoms. The second-order valence-electron chi connectivity index (χ2n) is 6.05. The lowest BCUT2D eigenvalue weighted by Gasteiger charge is -2.17. The average molecular weight is 335 g/mol. The number of thiophene rings is 1. The van der Waals surface area contributed by atoms with E-state index in [0.717, 1.165) is 29.7 Å². The number of nitrogens with one attached hydrogen (secondary N) is 1. The Morgan fingerprint density at radius 1 is 1.57 bits per heavy atom. The molecule has 0 saturated carbocycles. The van der Waals surface area contributed by atoms with Gasteiger partial charge < -0.3 is 10.1 Å². The summed E-state index contributed by atoms with van der Waals surface area (Å²) < 4.78 is 6.29. The van der Waals surface area contributed by atoms with Gasteiger partial charge in [-0.25, -0.2) is 4.98 Å². The number of carbonyl (C=O) groups is 1. The topological polar surface area (TPSA) is 73.2 Å². The van der Waals surface area contributed by atoms with E-state index in [2.05, 4.69) is 17.2 Å². The maximum atomic E-state index is 12.7. The van der Waals surface area contributed by atoms with Crippen LogP contribution in [0.5, 0.6) is 0 Å². The number of methoxy groups -OCH3 is 1. The molecule has 1 N–H and O–H groups in total. The van der Waals surface area contributed by atoms with Crippen molar-refractivity contribution in [3.05, 3.63) is 27.1 Å². The lowest BCUT2D eigenvalue weighted by Crippen LogP contribution is -2.34. The van der Waals surface area contributed by atoms with Crippen molar-refractivity contribution in [1.29, 1.82) is 0 Å². The van der Waals surface area contributed by atoms with Crippen molar-refractivity contribution in [2.24, 2.45) is 5.92 Å². The third-order valence-electron chi connectivity index (χ3n) is 4.22. The maximum Gasteiger partial charge on any atom is 0.262 e. The molecule has 1 atom stereocenters. The van der Waals surface area contributed by atoms with Crippen molar-refractivity contribution in [2.75, 3.05) is 20.3 Å². The normalized spacial score (nSPS) is 17.2. The number of fused-ring (bicyclic) bond motifs is 3. The van der Waals surface area contributed by atoms with E-state index < -0.39 is 0 Å². The van der Waals surface area contributed by atoms with Gasteiger partial charge in [0.05, 0.1) is 18.3 Å². The number of aromatic nitrogens is 2. The largest absolute Gasteiger partial charge is 0.383 e. The number of nitrogens with zero attached hydrogens (tertiary/aromatic N) is 2. The van der Waals surface area contributed by atoms with Crippen LogP contribution in [-0.2, 0) is 28.9 Å². The molecule has 0 bridgehead atoms. The minimum atomic E-state index is -0.206. The van der Waals surface area contributed by atoms with E-state index in [4.69, 9.17) is 4.74 Å². The van der Waals surface area contributed by atoms with Crippen LogP contribution in [0.2, 0.25) is 0 Å². The number of rotatable bonds is 5. The molecule has 6 nitrogen and oxygen atoms in total. The minimum absolute atomic E-state index is 0.00743. The molecule has 1 amide bonds. The van der Waals surface area contributed by atoms with E-state index in [1.165, 1.54) is 15.8 Å². The smallest absolute Gasteiger partial charge is 0.262 e.